The third kappa shape index (κ3) is 5.88. The number of hydrogen-bond donors (Lipinski definition) is 0. The van der Waals surface area contributed by atoms with E-state index in [0.717, 1.165) is 72.4 Å². The van der Waals surface area contributed by atoms with Crippen LogP contribution in [0.1, 0.15) is 0 Å². The molecule has 3 heterocycles. The van der Waals surface area contributed by atoms with Gasteiger partial charge in [0, 0.05) is 54.9 Å². The summed E-state index contributed by atoms with van der Waals surface area (Å²) in [4.78, 5) is 15.7. The Morgan fingerprint density at radius 2 is 0.918 bits per heavy atom. The van der Waals surface area contributed by atoms with Crippen LogP contribution >= 0.6 is 0 Å². The normalized spacial score (nSPS) is 11.6. The smallest absolute Gasteiger partial charge is 0.160 e. The SMILES string of the molecule is c1ccc(-c2cc(-c3ccc(-c4ccc5c(c4)nc(-c4cccc6ccccc46)c4ccc6c7ccccc7n(-c7ccccc7)c6c45)cc3)nc(-c3ccccc3)n2)cc1. The van der Waals surface area contributed by atoms with E-state index in [4.69, 9.17) is 15.0 Å². The van der Waals surface area contributed by atoms with Crippen LogP contribution in [0.3, 0.4) is 0 Å². The molecule has 61 heavy (non-hydrogen) atoms. The van der Waals surface area contributed by atoms with Crippen LogP contribution in [-0.2, 0) is 0 Å². The Kier molecular flexibility index (Phi) is 8.13. The van der Waals surface area contributed by atoms with Crippen LogP contribution in [-0.4, -0.2) is 19.5 Å². The Morgan fingerprint density at radius 1 is 0.344 bits per heavy atom. The molecule has 0 bridgehead atoms. The molecule has 4 nitrogen and oxygen atoms in total. The van der Waals surface area contributed by atoms with Crippen LogP contribution in [0.4, 0.5) is 0 Å². The van der Waals surface area contributed by atoms with E-state index < -0.39 is 0 Å². The fourth-order valence-electron chi connectivity index (χ4n) is 9.11. The van der Waals surface area contributed by atoms with Crippen LogP contribution in [0.5, 0.6) is 0 Å². The number of para-hydroxylation sites is 2. The van der Waals surface area contributed by atoms with E-state index in [1.807, 2.05) is 36.4 Å². The van der Waals surface area contributed by atoms with Gasteiger partial charge in [-0.15, -0.1) is 0 Å². The van der Waals surface area contributed by atoms with Crippen molar-refractivity contribution in [3.05, 3.63) is 218 Å². The molecule has 0 radical (unpaired) electrons. The Hall–Kier alpha value is -8.21. The van der Waals surface area contributed by atoms with Crippen molar-refractivity contribution in [2.45, 2.75) is 0 Å². The average Bonchev–Trinajstić information content (AvgIpc) is 3.69. The Labute approximate surface area is 352 Å². The number of pyridine rings is 1. The van der Waals surface area contributed by atoms with E-state index >= 15 is 0 Å². The van der Waals surface area contributed by atoms with Crippen molar-refractivity contribution in [3.8, 4) is 62.0 Å². The van der Waals surface area contributed by atoms with E-state index in [2.05, 4.69) is 187 Å². The molecule has 0 atom stereocenters. The molecule has 9 aromatic carbocycles. The van der Waals surface area contributed by atoms with Gasteiger partial charge in [0.15, 0.2) is 5.82 Å². The van der Waals surface area contributed by atoms with E-state index in [9.17, 15) is 0 Å². The minimum Gasteiger partial charge on any atom is -0.309 e. The van der Waals surface area contributed by atoms with Gasteiger partial charge in [0.2, 0.25) is 0 Å². The van der Waals surface area contributed by atoms with Gasteiger partial charge < -0.3 is 4.57 Å². The van der Waals surface area contributed by atoms with Gasteiger partial charge in [0.05, 0.1) is 33.6 Å². The van der Waals surface area contributed by atoms with E-state index in [-0.39, 0.29) is 0 Å². The largest absolute Gasteiger partial charge is 0.309 e. The molecule has 0 aliphatic carbocycles. The molecule has 0 fully saturated rings. The van der Waals surface area contributed by atoms with Crippen molar-refractivity contribution < 1.29 is 0 Å². The third-order valence-corrected chi connectivity index (χ3v) is 12.0. The fraction of sp³-hybridized carbons (Fsp3) is 0. The molecule has 4 heteroatoms. The molecule has 3 aromatic heterocycles. The van der Waals surface area contributed by atoms with Crippen molar-refractivity contribution >= 4 is 54.3 Å². The predicted molar refractivity (Wildman–Crippen MR) is 254 cm³/mol. The Bertz CT molecular complexity index is 3550. The van der Waals surface area contributed by atoms with Crippen LogP contribution < -0.4 is 0 Å². The van der Waals surface area contributed by atoms with Gasteiger partial charge in [0.25, 0.3) is 0 Å². The molecule has 284 valence electrons. The zero-order valence-corrected chi connectivity index (χ0v) is 33.1. The second-order valence-electron chi connectivity index (χ2n) is 15.6. The quantitative estimate of drug-likeness (QED) is 0.158. The summed E-state index contributed by atoms with van der Waals surface area (Å²) in [7, 11) is 0. The van der Waals surface area contributed by atoms with Gasteiger partial charge in [-0.3, -0.25) is 0 Å². The summed E-state index contributed by atoms with van der Waals surface area (Å²) in [6.07, 6.45) is 0. The highest BCUT2D eigenvalue weighted by Gasteiger charge is 2.21. The molecule has 0 spiro atoms. The van der Waals surface area contributed by atoms with Crippen molar-refractivity contribution in [3.63, 3.8) is 0 Å². The van der Waals surface area contributed by atoms with Gasteiger partial charge in [-0.05, 0) is 52.2 Å². The lowest BCUT2D eigenvalue weighted by Crippen LogP contribution is -1.97. The lowest BCUT2D eigenvalue weighted by atomic mass is 9.93. The minimum absolute atomic E-state index is 0.705. The number of nitrogens with zero attached hydrogens (tertiary/aromatic N) is 4. The van der Waals surface area contributed by atoms with Crippen molar-refractivity contribution in [1.29, 1.82) is 0 Å². The number of benzene rings is 9. The first-order chi connectivity index (χ1) is 30.2. The maximum atomic E-state index is 5.59. The lowest BCUT2D eigenvalue weighted by molar-refractivity contribution is 1.18. The van der Waals surface area contributed by atoms with Crippen molar-refractivity contribution in [1.82, 2.24) is 19.5 Å². The molecule has 0 aliphatic rings. The summed E-state index contributed by atoms with van der Waals surface area (Å²) in [6.45, 7) is 0. The Balaban J connectivity index is 1.07. The minimum atomic E-state index is 0.705. The summed E-state index contributed by atoms with van der Waals surface area (Å²) in [6, 6.07) is 77.3. The first-order valence-electron chi connectivity index (χ1n) is 20.7. The van der Waals surface area contributed by atoms with E-state index in [1.54, 1.807) is 0 Å². The zero-order valence-electron chi connectivity index (χ0n) is 33.1. The van der Waals surface area contributed by atoms with Crippen molar-refractivity contribution in [2.75, 3.05) is 0 Å². The van der Waals surface area contributed by atoms with Crippen LogP contribution in [0.15, 0.2) is 218 Å². The highest BCUT2D eigenvalue weighted by Crippen LogP contribution is 2.44. The Morgan fingerprint density at radius 3 is 1.69 bits per heavy atom. The maximum Gasteiger partial charge on any atom is 0.160 e. The first kappa shape index (κ1) is 34.8. The molecular weight excluding hydrogens is 741 g/mol. The highest BCUT2D eigenvalue weighted by molar-refractivity contribution is 6.27. The van der Waals surface area contributed by atoms with Gasteiger partial charge in [-0.25, -0.2) is 15.0 Å². The molecule has 0 aliphatic heterocycles. The van der Waals surface area contributed by atoms with Gasteiger partial charge in [-0.1, -0.05) is 188 Å². The molecule has 0 N–H and O–H groups in total. The van der Waals surface area contributed by atoms with E-state index in [1.165, 1.54) is 38.0 Å². The van der Waals surface area contributed by atoms with Gasteiger partial charge in [-0.2, -0.15) is 0 Å². The summed E-state index contributed by atoms with van der Waals surface area (Å²) in [5.74, 6) is 0.705. The number of hydrogen-bond acceptors (Lipinski definition) is 3. The van der Waals surface area contributed by atoms with Gasteiger partial charge in [0.1, 0.15) is 0 Å². The molecular formula is C57H36N4. The molecule has 0 amide bonds. The summed E-state index contributed by atoms with van der Waals surface area (Å²) in [5.41, 5.74) is 13.6. The monoisotopic (exact) mass is 776 g/mol. The second-order valence-corrected chi connectivity index (χ2v) is 15.6. The van der Waals surface area contributed by atoms with Crippen LogP contribution in [0.25, 0.3) is 116 Å². The fourth-order valence-corrected chi connectivity index (χ4v) is 9.11. The van der Waals surface area contributed by atoms with Crippen LogP contribution in [0.2, 0.25) is 0 Å². The lowest BCUT2D eigenvalue weighted by Gasteiger charge is -2.16. The van der Waals surface area contributed by atoms with Crippen LogP contribution in [0, 0.1) is 0 Å². The number of aromatic nitrogens is 4. The highest BCUT2D eigenvalue weighted by atomic mass is 15.0. The summed E-state index contributed by atoms with van der Waals surface area (Å²) >= 11 is 0. The third-order valence-electron chi connectivity index (χ3n) is 12.0. The predicted octanol–water partition coefficient (Wildman–Crippen LogP) is 14.8. The topological polar surface area (TPSA) is 43.6 Å². The molecule has 0 saturated heterocycles. The molecule has 0 saturated carbocycles. The second kappa shape index (κ2) is 14.3. The first-order valence-corrected chi connectivity index (χ1v) is 20.7. The van der Waals surface area contributed by atoms with Gasteiger partial charge >= 0.3 is 0 Å². The molecule has 0 unspecified atom stereocenters. The van der Waals surface area contributed by atoms with E-state index in [0.29, 0.717) is 5.82 Å². The maximum absolute atomic E-state index is 5.59. The summed E-state index contributed by atoms with van der Waals surface area (Å²) < 4.78 is 2.44. The number of fused-ring (bicyclic) bond motifs is 8. The average molecular weight is 777 g/mol. The molecule has 12 aromatic rings. The molecule has 12 rings (SSSR count). The summed E-state index contributed by atoms with van der Waals surface area (Å²) in [5, 5.41) is 8.27. The standard InChI is InChI=1S/C57H36N4/c1-4-16-39(17-5-1)50-36-51(60-57(59-50)41-18-6-2-7-19-41)40-29-27-37(28-30-40)42-31-32-48-52(35-42)58-55(46-25-14-20-38-15-10-11-23-44(38)46)49-34-33-47-45-24-12-13-26-53(45)61(56(47)54(48)49)43-21-8-3-9-22-43/h1-36H. The van der Waals surface area contributed by atoms with Crippen molar-refractivity contribution in [2.24, 2.45) is 0 Å². The number of rotatable bonds is 6. The zero-order chi connectivity index (χ0) is 40.3.